The molecular formula is C38H32N2O2. The molecule has 5 aromatic carbocycles. The standard InChI is InChI=1S/C38H32N2O2/c1-41-36-27-24-35(25-28-36)40(31-14-7-3-8-15-31)34-22-20-33(21-23-34)39(30-12-5-2-6-13-30)32-16-11-19-38(29-26-32)42-37-17-9-4-10-18-37/h2-18,20-29H,19H2,1H3. The minimum absolute atomic E-state index is 0.713. The van der Waals surface area contributed by atoms with Crippen LogP contribution in [0.5, 0.6) is 11.5 Å². The topological polar surface area (TPSA) is 24.9 Å². The molecular weight excluding hydrogens is 516 g/mol. The van der Waals surface area contributed by atoms with E-state index in [9.17, 15) is 0 Å². The van der Waals surface area contributed by atoms with Crippen LogP contribution in [0.2, 0.25) is 0 Å². The second-order valence-corrected chi connectivity index (χ2v) is 9.80. The third-order valence-electron chi connectivity index (χ3n) is 7.02. The van der Waals surface area contributed by atoms with Gasteiger partial charge in [-0.1, -0.05) is 60.7 Å². The zero-order valence-corrected chi connectivity index (χ0v) is 23.5. The van der Waals surface area contributed by atoms with Crippen LogP contribution in [-0.4, -0.2) is 7.11 Å². The molecule has 0 spiro atoms. The smallest absolute Gasteiger partial charge is 0.126 e. The van der Waals surface area contributed by atoms with Gasteiger partial charge in [-0.25, -0.2) is 0 Å². The van der Waals surface area contributed by atoms with E-state index >= 15 is 0 Å². The van der Waals surface area contributed by atoms with Crippen molar-refractivity contribution >= 4 is 28.4 Å². The van der Waals surface area contributed by atoms with E-state index in [0.717, 1.165) is 51.4 Å². The third-order valence-corrected chi connectivity index (χ3v) is 7.02. The first-order chi connectivity index (χ1) is 20.8. The first-order valence-corrected chi connectivity index (χ1v) is 14.0. The van der Waals surface area contributed by atoms with Crippen molar-refractivity contribution in [2.45, 2.75) is 6.42 Å². The molecule has 0 amide bonds. The van der Waals surface area contributed by atoms with Gasteiger partial charge >= 0.3 is 0 Å². The van der Waals surface area contributed by atoms with Crippen molar-refractivity contribution in [3.63, 3.8) is 0 Å². The number of hydrogen-bond acceptors (Lipinski definition) is 4. The molecule has 5 aromatic rings. The Bertz CT molecular complexity index is 1680. The highest BCUT2D eigenvalue weighted by molar-refractivity contribution is 5.79. The van der Waals surface area contributed by atoms with E-state index in [1.807, 2.05) is 54.6 Å². The second-order valence-electron chi connectivity index (χ2n) is 9.80. The summed E-state index contributed by atoms with van der Waals surface area (Å²) in [6.45, 7) is 0. The van der Waals surface area contributed by atoms with Crippen molar-refractivity contribution < 1.29 is 9.47 Å². The van der Waals surface area contributed by atoms with Crippen LogP contribution in [0, 0.1) is 0 Å². The maximum atomic E-state index is 6.15. The van der Waals surface area contributed by atoms with Crippen LogP contribution in [0.3, 0.4) is 0 Å². The number of rotatable bonds is 9. The lowest BCUT2D eigenvalue weighted by atomic mass is 10.1. The maximum Gasteiger partial charge on any atom is 0.126 e. The number of para-hydroxylation sites is 3. The third kappa shape index (κ3) is 6.13. The van der Waals surface area contributed by atoms with Crippen LogP contribution < -0.4 is 19.3 Å². The lowest BCUT2D eigenvalue weighted by Gasteiger charge is -2.28. The zero-order valence-electron chi connectivity index (χ0n) is 23.5. The number of hydrogen-bond donors (Lipinski definition) is 0. The predicted octanol–water partition coefficient (Wildman–Crippen LogP) is 10.1. The number of anilines is 5. The van der Waals surface area contributed by atoms with Gasteiger partial charge in [-0.05, 0) is 103 Å². The fourth-order valence-corrected chi connectivity index (χ4v) is 4.99. The molecule has 0 fully saturated rings. The summed E-state index contributed by atoms with van der Waals surface area (Å²) in [7, 11) is 1.69. The van der Waals surface area contributed by atoms with Crippen LogP contribution in [0.15, 0.2) is 175 Å². The van der Waals surface area contributed by atoms with Gasteiger partial charge in [0, 0.05) is 40.6 Å². The molecule has 4 heteroatoms. The van der Waals surface area contributed by atoms with Gasteiger partial charge in [0.2, 0.25) is 0 Å². The first kappa shape index (κ1) is 26.7. The molecule has 0 N–H and O–H groups in total. The molecule has 0 saturated carbocycles. The maximum absolute atomic E-state index is 6.15. The van der Waals surface area contributed by atoms with E-state index in [2.05, 4.69) is 119 Å². The molecule has 0 radical (unpaired) electrons. The van der Waals surface area contributed by atoms with Crippen LogP contribution in [-0.2, 0) is 0 Å². The lowest BCUT2D eigenvalue weighted by molar-refractivity contribution is 0.415. The fourth-order valence-electron chi connectivity index (χ4n) is 4.99. The Kier molecular flexibility index (Phi) is 8.14. The quantitative estimate of drug-likeness (QED) is 0.183. The summed E-state index contributed by atoms with van der Waals surface area (Å²) < 4.78 is 11.5. The summed E-state index contributed by atoms with van der Waals surface area (Å²) in [5.41, 5.74) is 6.39. The number of ether oxygens (including phenoxy) is 2. The molecule has 42 heavy (non-hydrogen) atoms. The van der Waals surface area contributed by atoms with Crippen molar-refractivity contribution in [1.29, 1.82) is 0 Å². The van der Waals surface area contributed by atoms with Crippen LogP contribution >= 0.6 is 0 Å². The Balaban J connectivity index is 1.35. The largest absolute Gasteiger partial charge is 0.497 e. The molecule has 1 aliphatic rings. The number of methoxy groups -OCH3 is 1. The SMILES string of the molecule is COc1ccc(N(c2ccccc2)c2ccc(N(C3=CC=C(Oc4ccccc4)CC=C3)c3ccccc3)cc2)cc1. The van der Waals surface area contributed by atoms with Crippen LogP contribution in [0.25, 0.3) is 0 Å². The van der Waals surface area contributed by atoms with Crippen molar-refractivity contribution in [3.8, 4) is 11.5 Å². The van der Waals surface area contributed by atoms with Gasteiger partial charge in [0.15, 0.2) is 0 Å². The summed E-state index contributed by atoms with van der Waals surface area (Å²) in [6.07, 6.45) is 9.21. The van der Waals surface area contributed by atoms with Gasteiger partial charge in [-0.3, -0.25) is 0 Å². The van der Waals surface area contributed by atoms with E-state index in [1.165, 1.54) is 0 Å². The van der Waals surface area contributed by atoms with Crippen LogP contribution in [0.4, 0.5) is 28.4 Å². The number of benzene rings is 5. The minimum Gasteiger partial charge on any atom is -0.497 e. The van der Waals surface area contributed by atoms with E-state index in [1.54, 1.807) is 7.11 Å². The van der Waals surface area contributed by atoms with E-state index in [-0.39, 0.29) is 0 Å². The molecule has 0 bridgehead atoms. The molecule has 0 atom stereocenters. The average Bonchev–Trinajstić information content (AvgIpc) is 3.29. The molecule has 0 aromatic heterocycles. The molecule has 6 rings (SSSR count). The molecule has 4 nitrogen and oxygen atoms in total. The summed E-state index contributed by atoms with van der Waals surface area (Å²) in [4.78, 5) is 4.51. The Morgan fingerprint density at radius 3 is 1.52 bits per heavy atom. The summed E-state index contributed by atoms with van der Waals surface area (Å²) in [6, 6.07) is 47.6. The fraction of sp³-hybridized carbons (Fsp3) is 0.0526. The van der Waals surface area contributed by atoms with Crippen molar-refractivity contribution in [2.75, 3.05) is 16.9 Å². The number of nitrogens with zero attached hydrogens (tertiary/aromatic N) is 2. The van der Waals surface area contributed by atoms with E-state index in [0.29, 0.717) is 6.42 Å². The molecule has 206 valence electrons. The Hall–Kier alpha value is -5.48. The summed E-state index contributed by atoms with van der Waals surface area (Å²) >= 11 is 0. The van der Waals surface area contributed by atoms with Gasteiger partial charge in [-0.2, -0.15) is 0 Å². The molecule has 1 aliphatic carbocycles. The van der Waals surface area contributed by atoms with E-state index < -0.39 is 0 Å². The Morgan fingerprint density at radius 1 is 0.476 bits per heavy atom. The molecule has 0 unspecified atom stereocenters. The molecule has 0 saturated heterocycles. The number of allylic oxidation sites excluding steroid dienone is 4. The van der Waals surface area contributed by atoms with Crippen molar-refractivity contribution in [3.05, 3.63) is 175 Å². The second kappa shape index (κ2) is 12.8. The minimum atomic E-state index is 0.713. The Morgan fingerprint density at radius 2 is 0.952 bits per heavy atom. The highest BCUT2D eigenvalue weighted by Crippen LogP contribution is 2.38. The monoisotopic (exact) mass is 548 g/mol. The van der Waals surface area contributed by atoms with Crippen LogP contribution in [0.1, 0.15) is 6.42 Å². The lowest BCUT2D eigenvalue weighted by Crippen LogP contribution is -2.15. The van der Waals surface area contributed by atoms with Gasteiger partial charge in [-0.15, -0.1) is 0 Å². The summed E-state index contributed by atoms with van der Waals surface area (Å²) in [5.74, 6) is 2.56. The van der Waals surface area contributed by atoms with Gasteiger partial charge < -0.3 is 19.3 Å². The first-order valence-electron chi connectivity index (χ1n) is 14.0. The average molecular weight is 549 g/mol. The van der Waals surface area contributed by atoms with Gasteiger partial charge in [0.05, 0.1) is 7.11 Å². The molecule has 0 aliphatic heterocycles. The molecule has 0 heterocycles. The van der Waals surface area contributed by atoms with Crippen molar-refractivity contribution in [1.82, 2.24) is 0 Å². The van der Waals surface area contributed by atoms with Crippen molar-refractivity contribution in [2.24, 2.45) is 0 Å². The highest BCUT2D eigenvalue weighted by atomic mass is 16.5. The summed E-state index contributed by atoms with van der Waals surface area (Å²) in [5, 5.41) is 0. The van der Waals surface area contributed by atoms with E-state index in [4.69, 9.17) is 9.47 Å². The zero-order chi connectivity index (χ0) is 28.6. The van der Waals surface area contributed by atoms with Gasteiger partial charge in [0.1, 0.15) is 17.3 Å². The normalized spacial score (nSPS) is 12.5. The predicted molar refractivity (Wildman–Crippen MR) is 173 cm³/mol. The Labute approximate surface area is 247 Å². The van der Waals surface area contributed by atoms with Gasteiger partial charge in [0.25, 0.3) is 0 Å². The highest BCUT2D eigenvalue weighted by Gasteiger charge is 2.17.